The second kappa shape index (κ2) is 6.88. The Morgan fingerprint density at radius 1 is 1.35 bits per heavy atom. The highest BCUT2D eigenvalue weighted by Crippen LogP contribution is 2.26. The van der Waals surface area contributed by atoms with Gasteiger partial charge in [-0.05, 0) is 38.8 Å². The Kier molecular flexibility index (Phi) is 4.87. The molecule has 3 rings (SSSR count). The third kappa shape index (κ3) is 3.67. The lowest BCUT2D eigenvalue weighted by molar-refractivity contribution is -0.131. The second-order valence-corrected chi connectivity index (χ2v) is 6.88. The fourth-order valence-corrected chi connectivity index (χ4v) is 3.77. The van der Waals surface area contributed by atoms with Crippen LogP contribution in [0.3, 0.4) is 0 Å². The minimum Gasteiger partial charge on any atom is -0.396 e. The van der Waals surface area contributed by atoms with E-state index in [9.17, 15) is 9.90 Å². The van der Waals surface area contributed by atoms with Crippen molar-refractivity contribution in [3.8, 4) is 0 Å². The molecule has 0 radical (unpaired) electrons. The zero-order chi connectivity index (χ0) is 16.4. The maximum absolute atomic E-state index is 12.5. The summed E-state index contributed by atoms with van der Waals surface area (Å²) in [6, 6.07) is 1.77. The molecule has 0 spiro atoms. The largest absolute Gasteiger partial charge is 0.396 e. The maximum Gasteiger partial charge on any atom is 0.244 e. The van der Waals surface area contributed by atoms with Gasteiger partial charge in [0.25, 0.3) is 0 Å². The molecule has 128 valence electrons. The number of nitrogens with zero attached hydrogens (tertiary/aromatic N) is 4. The molecule has 2 aliphatic rings. The summed E-state index contributed by atoms with van der Waals surface area (Å²) in [5.41, 5.74) is 6.68. The van der Waals surface area contributed by atoms with E-state index in [4.69, 9.17) is 5.73 Å². The van der Waals surface area contributed by atoms with Crippen LogP contribution >= 0.6 is 0 Å². The molecule has 0 saturated carbocycles. The first-order valence-electron chi connectivity index (χ1n) is 8.47. The molecule has 23 heavy (non-hydrogen) atoms. The minimum absolute atomic E-state index is 0.0298. The molecule has 0 aliphatic carbocycles. The molecule has 2 atom stereocenters. The van der Waals surface area contributed by atoms with Crippen LogP contribution in [-0.2, 0) is 11.3 Å². The van der Waals surface area contributed by atoms with Crippen LogP contribution in [0.5, 0.6) is 0 Å². The molecule has 1 aromatic rings. The van der Waals surface area contributed by atoms with Crippen LogP contribution < -0.4 is 5.73 Å². The highest BCUT2D eigenvalue weighted by molar-refractivity contribution is 5.76. The third-order valence-corrected chi connectivity index (χ3v) is 5.07. The number of carbonyl (C=O) groups is 1. The van der Waals surface area contributed by atoms with E-state index >= 15 is 0 Å². The number of hydrogen-bond donors (Lipinski definition) is 2. The van der Waals surface area contributed by atoms with Crippen molar-refractivity contribution >= 4 is 11.7 Å². The molecule has 3 heterocycles. The van der Waals surface area contributed by atoms with Gasteiger partial charge in [-0.25, -0.2) is 4.68 Å². The van der Waals surface area contributed by atoms with Crippen molar-refractivity contribution in [2.45, 2.75) is 26.3 Å². The molecule has 0 bridgehead atoms. The van der Waals surface area contributed by atoms with E-state index < -0.39 is 0 Å². The van der Waals surface area contributed by atoms with Crippen LogP contribution in [0.25, 0.3) is 0 Å². The van der Waals surface area contributed by atoms with Gasteiger partial charge in [0, 0.05) is 38.2 Å². The number of amides is 1. The Hall–Kier alpha value is -1.60. The van der Waals surface area contributed by atoms with Crippen molar-refractivity contribution in [1.82, 2.24) is 19.6 Å². The summed E-state index contributed by atoms with van der Waals surface area (Å²) in [6.45, 7) is 6.81. The summed E-state index contributed by atoms with van der Waals surface area (Å²) in [6.07, 6.45) is 2.52. The Morgan fingerprint density at radius 3 is 2.65 bits per heavy atom. The number of nitrogens with two attached hydrogens (primary N) is 1. The lowest BCUT2D eigenvalue weighted by Gasteiger charge is -2.22. The standard InChI is InChI=1S/C16H27N5O2/c1-12-6-15(17)21(18-12)10-16(23)20-8-13(14(9-20)11-22)7-19-4-2-3-5-19/h6,13-14,22H,2-5,7-11,17H2,1H3/t13-,14-/m1/s1. The third-order valence-electron chi connectivity index (χ3n) is 5.07. The zero-order valence-corrected chi connectivity index (χ0v) is 13.8. The topological polar surface area (TPSA) is 87.6 Å². The highest BCUT2D eigenvalue weighted by Gasteiger charge is 2.36. The van der Waals surface area contributed by atoms with Crippen molar-refractivity contribution < 1.29 is 9.90 Å². The molecule has 0 unspecified atom stereocenters. The number of aliphatic hydroxyl groups is 1. The van der Waals surface area contributed by atoms with Crippen molar-refractivity contribution in [1.29, 1.82) is 0 Å². The van der Waals surface area contributed by atoms with E-state index in [-0.39, 0.29) is 25.0 Å². The number of hydrogen-bond acceptors (Lipinski definition) is 5. The highest BCUT2D eigenvalue weighted by atomic mass is 16.3. The number of carbonyl (C=O) groups excluding carboxylic acids is 1. The van der Waals surface area contributed by atoms with Gasteiger partial charge in [-0.2, -0.15) is 5.10 Å². The lowest BCUT2D eigenvalue weighted by Crippen LogP contribution is -2.34. The molecule has 1 aromatic heterocycles. The SMILES string of the molecule is Cc1cc(N)n(CC(=O)N2C[C@@H](CN3CCCC3)[C@@H](CO)C2)n1. The van der Waals surface area contributed by atoms with Crippen molar-refractivity contribution in [3.05, 3.63) is 11.8 Å². The maximum atomic E-state index is 12.5. The van der Waals surface area contributed by atoms with Crippen LogP contribution in [-0.4, -0.2) is 69.9 Å². The zero-order valence-electron chi connectivity index (χ0n) is 13.8. The molecular formula is C16H27N5O2. The fraction of sp³-hybridized carbons (Fsp3) is 0.750. The van der Waals surface area contributed by atoms with Gasteiger partial charge in [0.15, 0.2) is 0 Å². The summed E-state index contributed by atoms with van der Waals surface area (Å²) >= 11 is 0. The fourth-order valence-electron chi connectivity index (χ4n) is 3.77. The van der Waals surface area contributed by atoms with Gasteiger partial charge >= 0.3 is 0 Å². The van der Waals surface area contributed by atoms with Gasteiger partial charge in [0.2, 0.25) is 5.91 Å². The monoisotopic (exact) mass is 321 g/mol. The number of aromatic nitrogens is 2. The smallest absolute Gasteiger partial charge is 0.244 e. The Bertz CT molecular complexity index is 553. The Morgan fingerprint density at radius 2 is 2.04 bits per heavy atom. The quantitative estimate of drug-likeness (QED) is 0.793. The summed E-state index contributed by atoms with van der Waals surface area (Å²) in [5.74, 6) is 1.08. The molecular weight excluding hydrogens is 294 g/mol. The van der Waals surface area contributed by atoms with E-state index in [1.807, 2.05) is 11.8 Å². The number of nitrogen functional groups attached to an aromatic ring is 1. The first-order chi connectivity index (χ1) is 11.1. The van der Waals surface area contributed by atoms with E-state index in [1.54, 1.807) is 10.7 Å². The number of anilines is 1. The van der Waals surface area contributed by atoms with E-state index in [0.29, 0.717) is 18.3 Å². The molecule has 2 saturated heterocycles. The van der Waals surface area contributed by atoms with Crippen molar-refractivity contribution in [3.63, 3.8) is 0 Å². The first kappa shape index (κ1) is 16.3. The van der Waals surface area contributed by atoms with Crippen molar-refractivity contribution in [2.24, 2.45) is 11.8 Å². The van der Waals surface area contributed by atoms with Gasteiger partial charge < -0.3 is 20.6 Å². The number of aliphatic hydroxyl groups excluding tert-OH is 1. The average molecular weight is 321 g/mol. The number of rotatable bonds is 5. The average Bonchev–Trinajstić information content (AvgIpc) is 3.21. The van der Waals surface area contributed by atoms with E-state index in [0.717, 1.165) is 31.9 Å². The first-order valence-corrected chi connectivity index (χ1v) is 8.47. The normalized spacial score (nSPS) is 25.4. The van der Waals surface area contributed by atoms with Crippen LogP contribution in [0, 0.1) is 18.8 Å². The minimum atomic E-state index is 0.0298. The summed E-state index contributed by atoms with van der Waals surface area (Å²) in [4.78, 5) is 16.8. The van der Waals surface area contributed by atoms with Gasteiger partial charge in [-0.1, -0.05) is 0 Å². The summed E-state index contributed by atoms with van der Waals surface area (Å²) in [7, 11) is 0. The Labute approximate surface area is 137 Å². The predicted octanol–water partition coefficient (Wildman–Crippen LogP) is -0.0636. The van der Waals surface area contributed by atoms with Crippen LogP contribution in [0.15, 0.2) is 6.07 Å². The van der Waals surface area contributed by atoms with Gasteiger partial charge in [-0.15, -0.1) is 0 Å². The van der Waals surface area contributed by atoms with Crippen LogP contribution in [0.4, 0.5) is 5.82 Å². The molecule has 2 aliphatic heterocycles. The van der Waals surface area contributed by atoms with Crippen LogP contribution in [0.2, 0.25) is 0 Å². The van der Waals surface area contributed by atoms with Crippen LogP contribution in [0.1, 0.15) is 18.5 Å². The summed E-state index contributed by atoms with van der Waals surface area (Å²) < 4.78 is 1.55. The molecule has 2 fully saturated rings. The molecule has 0 aromatic carbocycles. The number of aryl methyl sites for hydroxylation is 1. The van der Waals surface area contributed by atoms with Crippen molar-refractivity contribution in [2.75, 3.05) is 45.1 Å². The Balaban J connectivity index is 1.59. The molecule has 1 amide bonds. The molecule has 7 heteroatoms. The second-order valence-electron chi connectivity index (χ2n) is 6.88. The van der Waals surface area contributed by atoms with Gasteiger partial charge in [0.05, 0.1) is 5.69 Å². The molecule has 7 nitrogen and oxygen atoms in total. The van der Waals surface area contributed by atoms with Gasteiger partial charge in [-0.3, -0.25) is 4.79 Å². The number of likely N-dealkylation sites (tertiary alicyclic amines) is 2. The van der Waals surface area contributed by atoms with E-state index in [1.165, 1.54) is 12.8 Å². The van der Waals surface area contributed by atoms with Gasteiger partial charge in [0.1, 0.15) is 12.4 Å². The van der Waals surface area contributed by atoms with E-state index in [2.05, 4.69) is 10.00 Å². The molecule has 3 N–H and O–H groups in total. The summed E-state index contributed by atoms with van der Waals surface area (Å²) in [5, 5.41) is 13.9. The lowest BCUT2D eigenvalue weighted by atomic mass is 9.96. The predicted molar refractivity (Wildman–Crippen MR) is 87.7 cm³/mol.